The van der Waals surface area contributed by atoms with Crippen molar-refractivity contribution in [1.82, 2.24) is 0 Å². The lowest BCUT2D eigenvalue weighted by Gasteiger charge is -2.23. The largest absolute Gasteiger partial charge is 0.0923 e. The number of hydrogen-bond donors (Lipinski definition) is 0. The van der Waals surface area contributed by atoms with Crippen molar-refractivity contribution in [3.05, 3.63) is 35.5 Å². The fourth-order valence-electron chi connectivity index (χ4n) is 1.80. The minimum atomic E-state index is 0.0209. The zero-order valence-corrected chi connectivity index (χ0v) is 18.3. The van der Waals surface area contributed by atoms with Crippen molar-refractivity contribution in [2.45, 2.75) is 83.1 Å². The molecule has 24 heavy (non-hydrogen) atoms. The van der Waals surface area contributed by atoms with E-state index in [1.165, 1.54) is 11.1 Å². The minimum absolute atomic E-state index is 0.0209. The summed E-state index contributed by atoms with van der Waals surface area (Å²) in [5.74, 6) is 6.80. The Morgan fingerprint density at radius 1 is 0.667 bits per heavy atom. The molecule has 0 amide bonds. The molecule has 0 aliphatic heterocycles. The molecule has 0 saturated carbocycles. The van der Waals surface area contributed by atoms with Gasteiger partial charge in [0.05, 0.1) is 0 Å². The topological polar surface area (TPSA) is 0 Å². The summed E-state index contributed by atoms with van der Waals surface area (Å²) in [6, 6.07) is 0. The van der Waals surface area contributed by atoms with Gasteiger partial charge in [0.15, 0.2) is 0 Å². The van der Waals surface area contributed by atoms with Crippen molar-refractivity contribution < 1.29 is 0 Å². The highest BCUT2D eigenvalue weighted by Gasteiger charge is 2.18. The number of allylic oxidation sites excluding steroid dienone is 6. The van der Waals surface area contributed by atoms with E-state index in [9.17, 15) is 0 Å². The molecule has 0 aromatic carbocycles. The quantitative estimate of drug-likeness (QED) is 0.362. The highest BCUT2D eigenvalue weighted by molar-refractivity contribution is 5.40. The van der Waals surface area contributed by atoms with Gasteiger partial charge in [0.1, 0.15) is 0 Å². The van der Waals surface area contributed by atoms with E-state index in [1.54, 1.807) is 0 Å². The van der Waals surface area contributed by atoms with E-state index in [2.05, 4.69) is 119 Å². The molecule has 0 bridgehead atoms. The van der Waals surface area contributed by atoms with Gasteiger partial charge >= 0.3 is 0 Å². The van der Waals surface area contributed by atoms with Gasteiger partial charge in [0.2, 0.25) is 0 Å². The molecule has 136 valence electrons. The zero-order chi connectivity index (χ0) is 19.4. The van der Waals surface area contributed by atoms with E-state index in [1.807, 2.05) is 0 Å². The molecule has 0 rings (SSSR count). The first-order valence-electron chi connectivity index (χ1n) is 9.07. The third-order valence-corrected chi connectivity index (χ3v) is 3.44. The smallest absolute Gasteiger partial charge is 0.0233 e. The zero-order valence-electron chi connectivity index (χ0n) is 18.3. The molecule has 0 heterocycles. The Morgan fingerprint density at radius 3 is 1.50 bits per heavy atom. The Labute approximate surface area is 152 Å². The lowest BCUT2D eigenvalue weighted by Crippen LogP contribution is -2.11. The van der Waals surface area contributed by atoms with Crippen LogP contribution in [0.4, 0.5) is 0 Å². The maximum atomic E-state index is 3.42. The molecule has 0 aromatic rings. The molecule has 0 atom stereocenters. The first-order valence-corrected chi connectivity index (χ1v) is 9.07. The molecule has 0 heteroatoms. The summed E-state index contributed by atoms with van der Waals surface area (Å²) < 4.78 is 0. The molecule has 0 aliphatic rings. The molecule has 0 spiro atoms. The Morgan fingerprint density at radius 2 is 1.17 bits per heavy atom. The average Bonchev–Trinajstić information content (AvgIpc) is 2.26. The van der Waals surface area contributed by atoms with Crippen LogP contribution >= 0.6 is 0 Å². The van der Waals surface area contributed by atoms with Crippen LogP contribution in [0, 0.1) is 33.5 Å². The molecule has 0 unspecified atom stereocenters. The second kappa shape index (κ2) is 7.77. The average molecular weight is 329 g/mol. The maximum Gasteiger partial charge on any atom is 0.0233 e. The van der Waals surface area contributed by atoms with Crippen LogP contribution in [-0.2, 0) is 0 Å². The molecular weight excluding hydrogens is 288 g/mol. The fraction of sp³-hybridized carbons (Fsp3) is 0.667. The van der Waals surface area contributed by atoms with Gasteiger partial charge in [-0.3, -0.25) is 0 Å². The van der Waals surface area contributed by atoms with Crippen molar-refractivity contribution in [2.24, 2.45) is 21.7 Å². The summed E-state index contributed by atoms with van der Waals surface area (Å²) in [5.41, 5.74) is 2.88. The van der Waals surface area contributed by atoms with Crippen molar-refractivity contribution in [3.8, 4) is 11.8 Å². The molecule has 0 N–H and O–H groups in total. The summed E-state index contributed by atoms with van der Waals surface area (Å²) in [4.78, 5) is 0. The van der Waals surface area contributed by atoms with Crippen LogP contribution in [0.1, 0.15) is 83.1 Å². The van der Waals surface area contributed by atoms with Gasteiger partial charge in [-0.15, -0.1) is 0 Å². The highest BCUT2D eigenvalue weighted by Crippen LogP contribution is 2.30. The number of rotatable bonds is 2. The van der Waals surface area contributed by atoms with Gasteiger partial charge in [-0.05, 0) is 48.7 Å². The van der Waals surface area contributed by atoms with Crippen LogP contribution in [0.3, 0.4) is 0 Å². The Kier molecular flexibility index (Phi) is 7.38. The van der Waals surface area contributed by atoms with E-state index in [0.717, 1.165) is 0 Å². The van der Waals surface area contributed by atoms with Gasteiger partial charge in [0, 0.05) is 11.0 Å². The fourth-order valence-corrected chi connectivity index (χ4v) is 1.80. The van der Waals surface area contributed by atoms with Crippen LogP contribution in [0.5, 0.6) is 0 Å². The van der Waals surface area contributed by atoms with Crippen LogP contribution in [-0.4, -0.2) is 0 Å². The van der Waals surface area contributed by atoms with Gasteiger partial charge < -0.3 is 0 Å². The lowest BCUT2D eigenvalue weighted by atomic mass is 9.82. The molecule has 0 saturated heterocycles. The van der Waals surface area contributed by atoms with Crippen molar-refractivity contribution >= 4 is 0 Å². The first-order chi connectivity index (χ1) is 10.4. The van der Waals surface area contributed by atoms with Crippen LogP contribution in [0.2, 0.25) is 0 Å². The summed E-state index contributed by atoms with van der Waals surface area (Å²) in [6.07, 6.45) is 9.02. The summed E-state index contributed by atoms with van der Waals surface area (Å²) in [6.45, 7) is 26.6. The van der Waals surface area contributed by atoms with Gasteiger partial charge in [-0.2, -0.15) is 0 Å². The summed E-state index contributed by atoms with van der Waals surface area (Å²) in [5, 5.41) is 0. The Bertz CT molecular complexity index is 553. The molecule has 0 radical (unpaired) electrons. The maximum absolute atomic E-state index is 3.42. The SMILES string of the molecule is CC(C)(C)C#C/C(=C/C=C(/C=C/C(C)(C)C)C(C)(C)C)C(C)(C)C. The van der Waals surface area contributed by atoms with Crippen LogP contribution in [0.15, 0.2) is 35.5 Å². The predicted molar refractivity (Wildman–Crippen MR) is 111 cm³/mol. The Hall–Kier alpha value is -1.22. The third kappa shape index (κ3) is 10.5. The van der Waals surface area contributed by atoms with Crippen LogP contribution in [0.25, 0.3) is 0 Å². The van der Waals surface area contributed by atoms with E-state index < -0.39 is 0 Å². The first kappa shape index (κ1) is 22.8. The van der Waals surface area contributed by atoms with Crippen molar-refractivity contribution in [1.29, 1.82) is 0 Å². The standard InChI is InChI=1S/C24H40/c1-21(2,3)17-15-19(23(7,8)9)13-14-20(24(10,11)12)16-18-22(4,5)6/h13-15,17H,1-12H3/b17-15+,19-13-,20-14-. The normalized spacial score (nSPS) is 15.5. The van der Waals surface area contributed by atoms with E-state index >= 15 is 0 Å². The summed E-state index contributed by atoms with van der Waals surface area (Å²) >= 11 is 0. The summed E-state index contributed by atoms with van der Waals surface area (Å²) in [7, 11) is 0. The minimum Gasteiger partial charge on any atom is -0.0923 e. The predicted octanol–water partition coefficient (Wildman–Crippen LogP) is 7.58. The van der Waals surface area contributed by atoms with E-state index in [0.29, 0.717) is 0 Å². The molecule has 0 fully saturated rings. The van der Waals surface area contributed by atoms with Gasteiger partial charge in [-0.1, -0.05) is 92.4 Å². The van der Waals surface area contributed by atoms with Crippen LogP contribution < -0.4 is 0 Å². The highest BCUT2D eigenvalue weighted by atomic mass is 14.2. The molecular formula is C24H40. The number of hydrogen-bond acceptors (Lipinski definition) is 0. The van der Waals surface area contributed by atoms with Gasteiger partial charge in [-0.25, -0.2) is 0 Å². The second-order valence-electron chi connectivity index (χ2n) is 10.9. The monoisotopic (exact) mass is 328 g/mol. The second-order valence-corrected chi connectivity index (χ2v) is 10.9. The molecule has 0 aliphatic carbocycles. The van der Waals surface area contributed by atoms with Crippen molar-refractivity contribution in [3.63, 3.8) is 0 Å². The van der Waals surface area contributed by atoms with E-state index in [4.69, 9.17) is 0 Å². The van der Waals surface area contributed by atoms with Crippen molar-refractivity contribution in [2.75, 3.05) is 0 Å². The third-order valence-electron chi connectivity index (χ3n) is 3.44. The van der Waals surface area contributed by atoms with Gasteiger partial charge in [0.25, 0.3) is 0 Å². The molecule has 0 nitrogen and oxygen atoms in total. The molecule has 0 aromatic heterocycles. The lowest BCUT2D eigenvalue weighted by molar-refractivity contribution is 0.507. The Balaban J connectivity index is 5.98. The van der Waals surface area contributed by atoms with E-state index in [-0.39, 0.29) is 21.7 Å².